The van der Waals surface area contributed by atoms with Crippen molar-refractivity contribution < 1.29 is 82.1 Å². The number of nitrogen functional groups attached to an aromatic ring is 2. The number of piperazine rings is 1. The monoisotopic (exact) mass is 1740 g/mol. The first-order valence-corrected chi connectivity index (χ1v) is 44.0. The SMILES string of the molecule is CO[C@H]1C[C@@H]2CC[C@@H](C)[C@@](O)(O2)C(=O)C(=O)N2CCCC[C@H]2C(=O)O[C@H]([C@H](C)C[C@@H]2CC[C@@H](O)[C@H](OC)C2)C[C@@H](O)[C@H](C)/C=C(\C)[C@@H](O)[C@@H](OC)/C(=N\OCc2cn(-c3cnc(N4CCN(c5ncc(C(=O)NCCOCCC(=O)NCCCCn6nc(-c7ccc8oc(N)nc8c7)c7c(N)ncnc76)cn5)CC4)nc3)nn2)[C@H](C)C[C@H](C)C\C=C/C=C/C=C/1C. The third-order valence-corrected chi connectivity index (χ3v) is 24.9. The second-order valence-electron chi connectivity index (χ2n) is 34.2. The zero-order valence-corrected chi connectivity index (χ0v) is 73.8. The van der Waals surface area contributed by atoms with Crippen LogP contribution in [-0.4, -0.2) is 261 Å². The number of amides is 3. The molecule has 0 radical (unpaired) electrons. The van der Waals surface area contributed by atoms with Crippen LogP contribution in [-0.2, 0) is 65.6 Å². The van der Waals surface area contributed by atoms with E-state index in [1.807, 2.05) is 69.0 Å². The lowest BCUT2D eigenvalue weighted by molar-refractivity contribution is -0.265. The summed E-state index contributed by atoms with van der Waals surface area (Å²) in [5.74, 6) is -6.35. The molecule has 682 valence electrons. The van der Waals surface area contributed by atoms with Gasteiger partial charge in [-0.3, -0.25) is 19.2 Å². The number of rotatable bonds is 25. The maximum absolute atomic E-state index is 14.8. The van der Waals surface area contributed by atoms with E-state index >= 15 is 0 Å². The molecule has 126 heavy (non-hydrogen) atoms. The Kier molecular flexibility index (Phi) is 33.5. The summed E-state index contributed by atoms with van der Waals surface area (Å²) in [6, 6.07) is 4.37. The maximum atomic E-state index is 14.8. The summed E-state index contributed by atoms with van der Waals surface area (Å²) in [5.41, 5.74) is 18.2. The molecule has 0 spiro atoms. The van der Waals surface area contributed by atoms with Crippen LogP contribution in [0.4, 0.5) is 23.7 Å². The highest BCUT2D eigenvalue weighted by Crippen LogP contribution is 2.40. The molecule has 0 unspecified atom stereocenters. The fourth-order valence-corrected chi connectivity index (χ4v) is 17.4. The number of carbonyl (C=O) groups excluding carboxylic acids is 5. The van der Waals surface area contributed by atoms with Crippen LogP contribution >= 0.6 is 0 Å². The first-order chi connectivity index (χ1) is 60.7. The zero-order chi connectivity index (χ0) is 89.7. The number of nitrogens with zero attached hydrogens (tertiary/aromatic N) is 16. The number of fused-ring (bicyclic) bond motifs is 5. The highest BCUT2D eigenvalue weighted by molar-refractivity contribution is 6.39. The first kappa shape index (κ1) is 94.5. The van der Waals surface area contributed by atoms with Crippen LogP contribution in [0.2, 0.25) is 0 Å². The van der Waals surface area contributed by atoms with E-state index in [1.54, 1.807) is 63.5 Å². The van der Waals surface area contributed by atoms with Crippen molar-refractivity contribution in [2.75, 3.05) is 102 Å². The van der Waals surface area contributed by atoms with Gasteiger partial charge >= 0.3 is 5.97 Å². The highest BCUT2D eigenvalue weighted by atomic mass is 16.6. The number of esters is 1. The number of hydrogen-bond donors (Lipinski definition) is 8. The number of oxazole rings is 1. The third kappa shape index (κ3) is 24.2. The molecule has 7 aromatic rings. The number of carbonyl (C=O) groups is 5. The van der Waals surface area contributed by atoms with Gasteiger partial charge in [0.25, 0.3) is 23.6 Å². The average molecular weight is 1750 g/mol. The van der Waals surface area contributed by atoms with Gasteiger partial charge in [0.05, 0.1) is 79.0 Å². The molecular weight excluding hydrogens is 1620 g/mol. The van der Waals surface area contributed by atoms with Crippen molar-refractivity contribution in [3.05, 3.63) is 114 Å². The predicted octanol–water partition coefficient (Wildman–Crippen LogP) is 7.70. The number of anilines is 4. The number of aliphatic hydroxyl groups is 4. The van der Waals surface area contributed by atoms with Gasteiger partial charge in [-0.2, -0.15) is 10.1 Å². The molecule has 12 rings (SSSR count). The largest absolute Gasteiger partial charge is 0.460 e. The number of aryl methyl sites for hydroxylation is 1. The number of aliphatic hydroxyl groups excluding tert-OH is 3. The van der Waals surface area contributed by atoms with Gasteiger partial charge in [-0.15, -0.1) is 5.10 Å². The lowest BCUT2D eigenvalue weighted by atomic mass is 9.78. The van der Waals surface area contributed by atoms with E-state index in [0.29, 0.717) is 191 Å². The second kappa shape index (κ2) is 44.7. The van der Waals surface area contributed by atoms with Gasteiger partial charge in [-0.05, 0) is 144 Å². The maximum Gasteiger partial charge on any atom is 0.329 e. The van der Waals surface area contributed by atoms with Gasteiger partial charge in [0.2, 0.25) is 23.6 Å². The Labute approximate surface area is 733 Å². The van der Waals surface area contributed by atoms with Crippen LogP contribution in [0.1, 0.15) is 167 Å². The smallest absolute Gasteiger partial charge is 0.329 e. The molecule has 6 aromatic heterocycles. The summed E-state index contributed by atoms with van der Waals surface area (Å²) < 4.78 is 44.9. The number of ether oxygens (including phenoxy) is 6. The molecular formula is C89H124N20O17. The van der Waals surface area contributed by atoms with Crippen molar-refractivity contribution in [3.8, 4) is 16.9 Å². The molecule has 2 bridgehead atoms. The molecule has 37 nitrogen and oxygen atoms in total. The van der Waals surface area contributed by atoms with Gasteiger partial charge in [0, 0.05) is 129 Å². The lowest BCUT2D eigenvalue weighted by Crippen LogP contribution is -2.61. The minimum absolute atomic E-state index is 0.0239. The number of ketones is 1. The van der Waals surface area contributed by atoms with Crippen molar-refractivity contribution in [1.29, 1.82) is 0 Å². The van der Waals surface area contributed by atoms with Crippen LogP contribution in [0.15, 0.2) is 113 Å². The van der Waals surface area contributed by atoms with Crippen LogP contribution in [0.25, 0.3) is 39.1 Å². The fraction of sp³-hybridized carbons (Fsp3) is 0.596. The average Bonchev–Trinajstić information content (AvgIpc) is 1.65. The highest BCUT2D eigenvalue weighted by Gasteiger charge is 2.53. The quantitative estimate of drug-likeness (QED) is 0.00893. The van der Waals surface area contributed by atoms with Crippen LogP contribution in [0.3, 0.4) is 0 Å². The number of aromatic nitrogens is 12. The molecule has 1 aliphatic carbocycles. The summed E-state index contributed by atoms with van der Waals surface area (Å²) in [6.07, 6.45) is 22.3. The molecule has 4 aliphatic heterocycles. The van der Waals surface area contributed by atoms with Gasteiger partial charge < -0.3 is 94.9 Å². The number of cyclic esters (lactones) is 1. The van der Waals surface area contributed by atoms with E-state index in [0.717, 1.165) is 11.1 Å². The minimum atomic E-state index is -2.46. The molecule has 4 fully saturated rings. The summed E-state index contributed by atoms with van der Waals surface area (Å²) in [5, 5.41) is 72.3. The van der Waals surface area contributed by atoms with E-state index in [-0.39, 0.29) is 105 Å². The summed E-state index contributed by atoms with van der Waals surface area (Å²) in [7, 11) is 4.66. The number of methoxy groups -OCH3 is 3. The summed E-state index contributed by atoms with van der Waals surface area (Å²) in [4.78, 5) is 112. The summed E-state index contributed by atoms with van der Waals surface area (Å²) >= 11 is 0. The Balaban J connectivity index is 0.626. The Morgan fingerprint density at radius 2 is 1.54 bits per heavy atom. The molecule has 1 saturated carbocycles. The predicted molar refractivity (Wildman–Crippen MR) is 469 cm³/mol. The molecule has 3 amide bonds. The number of hydrogen-bond acceptors (Lipinski definition) is 32. The number of allylic oxidation sites excluding steroid dienone is 5. The van der Waals surface area contributed by atoms with E-state index in [4.69, 9.17) is 59.4 Å². The molecule has 10 N–H and O–H groups in total. The van der Waals surface area contributed by atoms with Gasteiger partial charge in [-0.25, -0.2) is 44.1 Å². The van der Waals surface area contributed by atoms with Crippen LogP contribution in [0, 0.1) is 35.5 Å². The van der Waals surface area contributed by atoms with Crippen molar-refractivity contribution in [1.82, 2.24) is 75.2 Å². The van der Waals surface area contributed by atoms with Crippen molar-refractivity contribution in [2.45, 2.75) is 225 Å². The number of Topliss-reactive ketones (excluding diaryl/α,β-unsaturated/α-hetero) is 1. The number of oxime groups is 1. The number of unbranched alkanes of at least 4 members (excludes halogenated alkanes) is 1. The molecule has 10 heterocycles. The molecule has 1 aromatic carbocycles. The number of nitrogens with one attached hydrogen (secondary N) is 2. The summed E-state index contributed by atoms with van der Waals surface area (Å²) in [6.45, 7) is 17.1. The third-order valence-electron chi connectivity index (χ3n) is 24.9. The normalized spacial score (nSPS) is 28.3. The molecule has 16 atom stereocenters. The van der Waals surface area contributed by atoms with E-state index in [1.165, 1.54) is 35.4 Å². The topological polar surface area (TPSA) is 481 Å². The Morgan fingerprint density at radius 3 is 2.28 bits per heavy atom. The first-order valence-electron chi connectivity index (χ1n) is 44.0. The number of piperidine rings is 1. The molecule has 37 heteroatoms. The van der Waals surface area contributed by atoms with Gasteiger partial charge in [0.15, 0.2) is 17.8 Å². The van der Waals surface area contributed by atoms with Crippen LogP contribution < -0.4 is 31.9 Å². The minimum Gasteiger partial charge on any atom is -0.460 e. The Hall–Kier alpha value is -10.6. The van der Waals surface area contributed by atoms with Crippen molar-refractivity contribution >= 4 is 81.0 Å². The molecule has 3 saturated heterocycles. The number of benzene rings is 1. The van der Waals surface area contributed by atoms with E-state index in [9.17, 15) is 44.4 Å². The van der Waals surface area contributed by atoms with Crippen molar-refractivity contribution in [3.63, 3.8) is 0 Å². The van der Waals surface area contributed by atoms with Crippen molar-refractivity contribution in [2.24, 2.45) is 40.7 Å². The standard InChI is InChI=1S/C89H124N20O17/c1-53-19-13-11-12-14-20-54(2)71(119-8)44-65-25-22-59(7)89(118,126-65)80(114)84(116)107-31-17-15-21-67(107)85(117)124-72(56(4)41-60-23-26-68(110)73(42-60)120-9)45-69(111)55(3)40-58(6)78(113)79(121-10)76(57(5)39-53)103-123-51-63-50-109(104-101-63)64-48-96-88(97-49-64)106-35-33-105(34-36-106)87-94-46-62(47-95-87)83(115)93-30-38-122-37-28-74(112)92-29-16-18-32-108-82-75(81(90)98-52-99-82)77(102-108)61-24-27-70-66(43-61)100-86(91)125-70/h11-14,20,24,27,40,43,46-50,52-53,55-57,59-60,65,67-69,71-73,78-79,110-111,113,118H,15-19,21-23,25-26,28-39,41-42,44-45,51H2,1-10H3,(H2,91,100)(H,92,112)(H,93,115)(H2,90,98,99)/b13-11-,14-12+,54-20+,58-40+,103-76-/t53-,55-,56-,57-,59-,60+,65+,67+,68-,69-,71+,72+,73-,78-,79+,89-/m1/s1. The van der Waals surface area contributed by atoms with Crippen LogP contribution in [0.5, 0.6) is 0 Å². The lowest BCUT2D eigenvalue weighted by Gasteiger charge is -2.43. The van der Waals surface area contributed by atoms with Gasteiger partial charge in [-0.1, -0.05) is 81.4 Å². The van der Waals surface area contributed by atoms with E-state index in [2.05, 4.69) is 73.7 Å². The second-order valence-corrected chi connectivity index (χ2v) is 34.2. The zero-order valence-electron chi connectivity index (χ0n) is 73.8. The van der Waals surface area contributed by atoms with E-state index < -0.39 is 84.1 Å². The van der Waals surface area contributed by atoms with Gasteiger partial charge in [0.1, 0.15) is 59.1 Å². The molecule has 5 aliphatic rings. The fourth-order valence-electron chi connectivity index (χ4n) is 17.4. The number of nitrogens with two attached hydrogens (primary N) is 2. The Morgan fingerprint density at radius 1 is 0.786 bits per heavy atom. The Bertz CT molecular complexity index is 4950.